The zero-order valence-corrected chi connectivity index (χ0v) is 57.2. The van der Waals surface area contributed by atoms with Crippen LogP contribution in [0.25, 0.3) is 0 Å². The maximum atomic E-state index is 13.1. The number of aliphatic hydroxyl groups is 1. The molecular weight excluding hydrogens is 1070 g/mol. The van der Waals surface area contributed by atoms with Gasteiger partial charge in [0.2, 0.25) is 5.91 Å². The molecule has 0 saturated carbocycles. The molecule has 3 N–H and O–H groups in total. The van der Waals surface area contributed by atoms with Gasteiger partial charge in [0.1, 0.15) is 13.2 Å². The van der Waals surface area contributed by atoms with E-state index < -0.39 is 20.0 Å². The molecule has 0 aromatic carbocycles. The third kappa shape index (κ3) is 68.5. The molecule has 0 heterocycles. The minimum atomic E-state index is -4.36. The lowest BCUT2D eigenvalue weighted by Gasteiger charge is -2.25. The van der Waals surface area contributed by atoms with Crippen molar-refractivity contribution in [3.8, 4) is 0 Å². The maximum Gasteiger partial charge on any atom is 0.472 e. The number of carbonyl (C=O) groups is 1. The third-order valence-electron chi connectivity index (χ3n) is 15.7. The first-order valence-electron chi connectivity index (χ1n) is 35.8. The molecule has 3 unspecified atom stereocenters. The van der Waals surface area contributed by atoms with Crippen molar-refractivity contribution < 1.29 is 32.9 Å². The molecule has 85 heavy (non-hydrogen) atoms. The standard InChI is InChI=1S/C76H137N2O6P/c1-6-8-10-12-14-16-18-20-22-24-26-28-30-32-34-35-36-37-38-39-40-41-42-43-44-46-48-50-52-54-56-58-60-62-64-66-68-70-76(80)77-74(73-84-85(81,82)83-72-71-78(3,4)5)75(79)69-67-65-63-61-59-57-55-53-51-49-47-45-33-31-29-27-25-23-21-19-17-15-13-11-9-7-2/h8,10,14,16,20,22,26,28,32,34,36-37,39-40,42-43,67,69,74-75,79H,6-7,9,11-13,15,17-19,21,23-25,27,29-31,33,35,38,41,44-66,68,70-73H2,1-5H3,(H-,77,80,81,82)/p+1/b10-8-,16-14-,22-20-,28-26-,34-32-,37-36-,40-39-,43-42-,69-67+. The fraction of sp³-hybridized carbons (Fsp3) is 0.750. The van der Waals surface area contributed by atoms with Gasteiger partial charge in [-0.1, -0.05) is 335 Å². The lowest BCUT2D eigenvalue weighted by molar-refractivity contribution is -0.870. The lowest BCUT2D eigenvalue weighted by Crippen LogP contribution is -2.45. The Morgan fingerprint density at radius 1 is 0.412 bits per heavy atom. The molecular formula is C76H138N2O6P+. The normalized spacial score (nSPS) is 14.3. The molecule has 0 spiro atoms. The van der Waals surface area contributed by atoms with Gasteiger partial charge in [0.15, 0.2) is 0 Å². The summed E-state index contributed by atoms with van der Waals surface area (Å²) in [4.78, 5) is 23.4. The van der Waals surface area contributed by atoms with E-state index in [-0.39, 0.29) is 19.1 Å². The van der Waals surface area contributed by atoms with Crippen molar-refractivity contribution in [1.29, 1.82) is 0 Å². The fourth-order valence-electron chi connectivity index (χ4n) is 10.2. The van der Waals surface area contributed by atoms with Crippen molar-refractivity contribution in [3.63, 3.8) is 0 Å². The third-order valence-corrected chi connectivity index (χ3v) is 16.7. The Hall–Kier alpha value is -2.84. The van der Waals surface area contributed by atoms with Gasteiger partial charge in [0.25, 0.3) is 0 Å². The van der Waals surface area contributed by atoms with Gasteiger partial charge in [-0.25, -0.2) is 4.57 Å². The molecule has 0 fully saturated rings. The summed E-state index contributed by atoms with van der Waals surface area (Å²) >= 11 is 0. The Balaban J connectivity index is 4.09. The SMILES string of the molecule is CC/C=C\C/C=C\C/C=C\C/C=C\C/C=C\C/C=C\C/C=C\C/C=C\CCCCCCCCCCCCCCC(=O)NC(COP(=O)(O)OCC[N+](C)(C)C)C(O)/C=C/CCCCCCCCCCCCCCCCCCCCCCCCCC. The van der Waals surface area contributed by atoms with Gasteiger partial charge < -0.3 is 19.8 Å². The van der Waals surface area contributed by atoms with Crippen LogP contribution in [0, 0.1) is 0 Å². The number of rotatable bonds is 65. The molecule has 0 saturated heterocycles. The Kier molecular flexibility index (Phi) is 63.4. The predicted octanol–water partition coefficient (Wildman–Crippen LogP) is 23.1. The smallest absolute Gasteiger partial charge is 0.387 e. The van der Waals surface area contributed by atoms with E-state index in [1.54, 1.807) is 6.08 Å². The van der Waals surface area contributed by atoms with Crippen LogP contribution in [0.3, 0.4) is 0 Å². The molecule has 0 aliphatic carbocycles. The van der Waals surface area contributed by atoms with Crippen molar-refractivity contribution >= 4 is 13.7 Å². The van der Waals surface area contributed by atoms with Gasteiger partial charge in [0, 0.05) is 6.42 Å². The van der Waals surface area contributed by atoms with Crippen LogP contribution in [-0.4, -0.2) is 73.4 Å². The first-order valence-corrected chi connectivity index (χ1v) is 37.3. The van der Waals surface area contributed by atoms with E-state index >= 15 is 0 Å². The van der Waals surface area contributed by atoms with Crippen LogP contribution in [0.2, 0.25) is 0 Å². The topological polar surface area (TPSA) is 105 Å². The highest BCUT2D eigenvalue weighted by Crippen LogP contribution is 2.43. The number of carbonyl (C=O) groups excluding carboxylic acids is 1. The van der Waals surface area contributed by atoms with E-state index in [1.165, 1.54) is 205 Å². The van der Waals surface area contributed by atoms with Crippen molar-refractivity contribution in [2.75, 3.05) is 40.9 Å². The number of nitrogens with zero attached hydrogens (tertiary/aromatic N) is 1. The van der Waals surface area contributed by atoms with Gasteiger partial charge in [0.05, 0.1) is 39.9 Å². The molecule has 0 bridgehead atoms. The van der Waals surface area contributed by atoms with E-state index in [1.807, 2.05) is 27.2 Å². The summed E-state index contributed by atoms with van der Waals surface area (Å²) in [6.45, 7) is 4.73. The summed E-state index contributed by atoms with van der Waals surface area (Å²) in [6, 6.07) is -0.856. The number of amides is 1. The molecule has 0 aromatic heterocycles. The fourth-order valence-corrected chi connectivity index (χ4v) is 11.0. The largest absolute Gasteiger partial charge is 0.472 e. The Morgan fingerprint density at radius 2 is 0.706 bits per heavy atom. The maximum absolute atomic E-state index is 13.1. The molecule has 9 heteroatoms. The van der Waals surface area contributed by atoms with Gasteiger partial charge in [-0.2, -0.15) is 0 Å². The molecule has 1 amide bonds. The molecule has 3 atom stereocenters. The Morgan fingerprint density at radius 3 is 1.04 bits per heavy atom. The second-order valence-corrected chi connectivity index (χ2v) is 26.7. The van der Waals surface area contributed by atoms with Crippen LogP contribution in [0.15, 0.2) is 109 Å². The summed E-state index contributed by atoms with van der Waals surface area (Å²) < 4.78 is 23.8. The number of allylic oxidation sites excluding steroid dienone is 17. The van der Waals surface area contributed by atoms with Crippen molar-refractivity contribution in [3.05, 3.63) is 109 Å². The average molecular weight is 1210 g/mol. The second kappa shape index (κ2) is 65.6. The van der Waals surface area contributed by atoms with Gasteiger partial charge >= 0.3 is 7.82 Å². The van der Waals surface area contributed by atoms with E-state index in [9.17, 15) is 19.4 Å². The van der Waals surface area contributed by atoms with Gasteiger partial charge in [-0.15, -0.1) is 0 Å². The van der Waals surface area contributed by atoms with E-state index in [4.69, 9.17) is 9.05 Å². The molecule has 8 nitrogen and oxygen atoms in total. The highest BCUT2D eigenvalue weighted by atomic mass is 31.2. The van der Waals surface area contributed by atoms with E-state index in [2.05, 4.69) is 116 Å². The summed E-state index contributed by atoms with van der Waals surface area (Å²) in [5.41, 5.74) is 0. The number of phosphoric ester groups is 1. The first kappa shape index (κ1) is 82.2. The first-order chi connectivity index (χ1) is 41.5. The number of quaternary nitrogens is 1. The van der Waals surface area contributed by atoms with Gasteiger partial charge in [-0.05, 0) is 83.5 Å². The molecule has 492 valence electrons. The number of hydrogen-bond acceptors (Lipinski definition) is 5. The van der Waals surface area contributed by atoms with Crippen molar-refractivity contribution in [1.82, 2.24) is 5.32 Å². The number of phosphoric acid groups is 1. The summed E-state index contributed by atoms with van der Waals surface area (Å²) in [5.74, 6) is -0.179. The van der Waals surface area contributed by atoms with Crippen molar-refractivity contribution in [2.45, 2.75) is 328 Å². The zero-order valence-electron chi connectivity index (χ0n) is 56.3. The molecule has 0 aromatic rings. The Bertz CT molecular complexity index is 1760. The minimum absolute atomic E-state index is 0.0577. The summed E-state index contributed by atoms with van der Waals surface area (Å²) in [7, 11) is 1.57. The highest BCUT2D eigenvalue weighted by Gasteiger charge is 2.28. The quantitative estimate of drug-likeness (QED) is 0.0243. The van der Waals surface area contributed by atoms with Crippen molar-refractivity contribution in [2.24, 2.45) is 0 Å². The van der Waals surface area contributed by atoms with Crippen LogP contribution in [0.4, 0.5) is 0 Å². The monoisotopic (exact) mass is 1210 g/mol. The molecule has 0 aliphatic heterocycles. The highest BCUT2D eigenvalue weighted by molar-refractivity contribution is 7.47. The zero-order chi connectivity index (χ0) is 61.9. The summed E-state index contributed by atoms with van der Waals surface area (Å²) in [6.07, 6.45) is 96.6. The van der Waals surface area contributed by atoms with E-state index in [0.717, 1.165) is 89.9 Å². The molecule has 0 radical (unpaired) electrons. The van der Waals surface area contributed by atoms with E-state index in [0.29, 0.717) is 17.4 Å². The minimum Gasteiger partial charge on any atom is -0.387 e. The number of aliphatic hydroxyl groups excluding tert-OH is 1. The number of unbranched alkanes of at least 4 members (excludes halogenated alkanes) is 36. The van der Waals surface area contributed by atoms with Crippen LogP contribution in [0.1, 0.15) is 316 Å². The van der Waals surface area contributed by atoms with Gasteiger partial charge in [-0.3, -0.25) is 13.8 Å². The molecule has 0 aliphatic rings. The molecule has 0 rings (SSSR count). The number of hydrogen-bond donors (Lipinski definition) is 3. The van der Waals surface area contributed by atoms with Crippen LogP contribution < -0.4 is 5.32 Å². The number of likely N-dealkylation sites (N-methyl/N-ethyl adjacent to an activating group) is 1. The second-order valence-electron chi connectivity index (χ2n) is 25.2. The number of nitrogens with one attached hydrogen (secondary N) is 1. The van der Waals surface area contributed by atoms with Crippen LogP contribution in [-0.2, 0) is 18.4 Å². The van der Waals surface area contributed by atoms with Crippen LogP contribution >= 0.6 is 7.82 Å². The summed E-state index contributed by atoms with van der Waals surface area (Å²) in [5, 5.41) is 14.0. The lowest BCUT2D eigenvalue weighted by atomic mass is 10.0. The van der Waals surface area contributed by atoms with Crippen LogP contribution in [0.5, 0.6) is 0 Å². The predicted molar refractivity (Wildman–Crippen MR) is 373 cm³/mol. The Labute approximate surface area is 527 Å². The average Bonchev–Trinajstić information content (AvgIpc) is 3.49.